The molecule has 0 saturated heterocycles. The Morgan fingerprint density at radius 3 is 2.63 bits per heavy atom. The molecule has 2 rings (SSSR count). The molecule has 0 unspecified atom stereocenters. The third-order valence-electron chi connectivity index (χ3n) is 2.82. The quantitative estimate of drug-likeness (QED) is 0.897. The first-order chi connectivity index (χ1) is 9.20. The summed E-state index contributed by atoms with van der Waals surface area (Å²) in [6.45, 7) is 4.53. The number of benzene rings is 1. The topological polar surface area (TPSA) is 51.5 Å². The van der Waals surface area contributed by atoms with Gasteiger partial charge in [-0.05, 0) is 37.6 Å². The normalized spacial score (nSPS) is 11.9. The molecule has 0 aliphatic rings. The Morgan fingerprint density at radius 2 is 2.05 bits per heavy atom. The standard InChI is InChI=1S/C15H17NO3/c1-3-19-14-6-4-12(5-7-14)11(2)16-15(17)13-8-9-18-10-13/h4-11H,3H2,1-2H3,(H,16,17)/t11-/m0/s1. The van der Waals surface area contributed by atoms with Crippen LogP contribution in [0.5, 0.6) is 5.75 Å². The van der Waals surface area contributed by atoms with E-state index in [1.807, 2.05) is 38.1 Å². The van der Waals surface area contributed by atoms with Crippen molar-refractivity contribution in [3.63, 3.8) is 0 Å². The lowest BCUT2D eigenvalue weighted by atomic mass is 10.1. The van der Waals surface area contributed by atoms with Gasteiger partial charge in [0.05, 0.1) is 24.5 Å². The van der Waals surface area contributed by atoms with E-state index >= 15 is 0 Å². The van der Waals surface area contributed by atoms with Crippen molar-refractivity contribution in [2.45, 2.75) is 19.9 Å². The molecule has 19 heavy (non-hydrogen) atoms. The van der Waals surface area contributed by atoms with Crippen LogP contribution >= 0.6 is 0 Å². The van der Waals surface area contributed by atoms with Crippen LogP contribution in [0.3, 0.4) is 0 Å². The fourth-order valence-corrected chi connectivity index (χ4v) is 1.78. The van der Waals surface area contributed by atoms with Gasteiger partial charge in [-0.25, -0.2) is 0 Å². The fraction of sp³-hybridized carbons (Fsp3) is 0.267. The third-order valence-corrected chi connectivity index (χ3v) is 2.82. The van der Waals surface area contributed by atoms with Gasteiger partial charge in [-0.2, -0.15) is 0 Å². The molecule has 0 fully saturated rings. The molecule has 0 radical (unpaired) electrons. The molecule has 1 heterocycles. The molecule has 100 valence electrons. The molecule has 1 aromatic heterocycles. The van der Waals surface area contributed by atoms with E-state index in [0.29, 0.717) is 12.2 Å². The summed E-state index contributed by atoms with van der Waals surface area (Å²) in [6, 6.07) is 9.27. The van der Waals surface area contributed by atoms with E-state index in [9.17, 15) is 4.79 Å². The molecule has 1 atom stereocenters. The van der Waals surface area contributed by atoms with E-state index < -0.39 is 0 Å². The third kappa shape index (κ3) is 3.37. The number of hydrogen-bond acceptors (Lipinski definition) is 3. The maximum atomic E-state index is 11.9. The van der Waals surface area contributed by atoms with Crippen molar-refractivity contribution >= 4 is 5.91 Å². The van der Waals surface area contributed by atoms with Gasteiger partial charge in [-0.3, -0.25) is 4.79 Å². The number of hydrogen-bond donors (Lipinski definition) is 1. The Morgan fingerprint density at radius 1 is 1.32 bits per heavy atom. The van der Waals surface area contributed by atoms with Crippen LogP contribution in [0.4, 0.5) is 0 Å². The van der Waals surface area contributed by atoms with Crippen molar-refractivity contribution in [3.05, 3.63) is 54.0 Å². The van der Waals surface area contributed by atoms with E-state index in [2.05, 4.69) is 5.32 Å². The number of carbonyl (C=O) groups is 1. The second kappa shape index (κ2) is 6.09. The zero-order valence-corrected chi connectivity index (χ0v) is 11.1. The average Bonchev–Trinajstić information content (AvgIpc) is 2.94. The van der Waals surface area contributed by atoms with Crippen molar-refractivity contribution in [3.8, 4) is 5.75 Å². The summed E-state index contributed by atoms with van der Waals surface area (Å²) in [7, 11) is 0. The Kier molecular flexibility index (Phi) is 4.23. The van der Waals surface area contributed by atoms with Gasteiger partial charge in [-0.15, -0.1) is 0 Å². The van der Waals surface area contributed by atoms with Crippen LogP contribution in [-0.2, 0) is 0 Å². The molecule has 4 heteroatoms. The molecule has 0 spiro atoms. The molecule has 0 bridgehead atoms. The lowest BCUT2D eigenvalue weighted by Gasteiger charge is -2.14. The summed E-state index contributed by atoms with van der Waals surface area (Å²) in [4.78, 5) is 11.9. The fourth-order valence-electron chi connectivity index (χ4n) is 1.78. The lowest BCUT2D eigenvalue weighted by molar-refractivity contribution is 0.0939. The smallest absolute Gasteiger partial charge is 0.255 e. The molecular weight excluding hydrogens is 242 g/mol. The zero-order valence-electron chi connectivity index (χ0n) is 11.1. The summed E-state index contributed by atoms with van der Waals surface area (Å²) < 4.78 is 10.3. The van der Waals surface area contributed by atoms with Crippen LogP contribution in [0.2, 0.25) is 0 Å². The maximum absolute atomic E-state index is 11.9. The van der Waals surface area contributed by atoms with Crippen molar-refractivity contribution in [1.82, 2.24) is 5.32 Å². The number of carbonyl (C=O) groups excluding carboxylic acids is 1. The van der Waals surface area contributed by atoms with Crippen LogP contribution in [0.25, 0.3) is 0 Å². The lowest BCUT2D eigenvalue weighted by Crippen LogP contribution is -2.26. The molecule has 1 aromatic carbocycles. The minimum absolute atomic E-state index is 0.0712. The number of nitrogens with one attached hydrogen (secondary N) is 1. The molecule has 2 aromatic rings. The largest absolute Gasteiger partial charge is 0.494 e. The van der Waals surface area contributed by atoms with Crippen molar-refractivity contribution in [1.29, 1.82) is 0 Å². The highest BCUT2D eigenvalue weighted by molar-refractivity contribution is 5.94. The average molecular weight is 259 g/mol. The highest BCUT2D eigenvalue weighted by Gasteiger charge is 2.12. The number of amides is 1. The van der Waals surface area contributed by atoms with Crippen LogP contribution in [0.15, 0.2) is 47.3 Å². The van der Waals surface area contributed by atoms with E-state index in [1.165, 1.54) is 12.5 Å². The van der Waals surface area contributed by atoms with Crippen molar-refractivity contribution in [2.24, 2.45) is 0 Å². The Balaban J connectivity index is 1.99. The number of ether oxygens (including phenoxy) is 1. The summed E-state index contributed by atoms with van der Waals surface area (Å²) in [6.07, 6.45) is 2.91. The highest BCUT2D eigenvalue weighted by atomic mass is 16.5. The van der Waals surface area contributed by atoms with E-state index in [4.69, 9.17) is 9.15 Å². The van der Waals surface area contributed by atoms with Crippen LogP contribution in [0, 0.1) is 0 Å². The molecule has 1 amide bonds. The minimum Gasteiger partial charge on any atom is -0.494 e. The Hall–Kier alpha value is -2.23. The zero-order chi connectivity index (χ0) is 13.7. The molecule has 1 N–H and O–H groups in total. The molecular formula is C15H17NO3. The first-order valence-corrected chi connectivity index (χ1v) is 6.26. The van der Waals surface area contributed by atoms with Gasteiger partial charge in [0.2, 0.25) is 0 Å². The summed E-state index contributed by atoms with van der Waals surface area (Å²) in [5.41, 5.74) is 1.55. The molecule has 4 nitrogen and oxygen atoms in total. The van der Waals surface area contributed by atoms with Gasteiger partial charge < -0.3 is 14.5 Å². The number of furan rings is 1. The highest BCUT2D eigenvalue weighted by Crippen LogP contribution is 2.18. The summed E-state index contributed by atoms with van der Waals surface area (Å²) in [5.74, 6) is 0.690. The van der Waals surface area contributed by atoms with E-state index in [1.54, 1.807) is 6.07 Å². The van der Waals surface area contributed by atoms with Gasteiger partial charge in [0.15, 0.2) is 0 Å². The summed E-state index contributed by atoms with van der Waals surface area (Å²) >= 11 is 0. The number of rotatable bonds is 5. The van der Waals surface area contributed by atoms with Gasteiger partial charge in [0.25, 0.3) is 5.91 Å². The van der Waals surface area contributed by atoms with Gasteiger partial charge in [0.1, 0.15) is 12.0 Å². The minimum atomic E-state index is -0.143. The first kappa shape index (κ1) is 13.2. The van der Waals surface area contributed by atoms with Gasteiger partial charge in [-0.1, -0.05) is 12.1 Å². The predicted molar refractivity (Wildman–Crippen MR) is 72.2 cm³/mol. The Bertz CT molecular complexity index is 517. The second-order valence-electron chi connectivity index (χ2n) is 4.21. The van der Waals surface area contributed by atoms with Crippen LogP contribution in [-0.4, -0.2) is 12.5 Å². The monoisotopic (exact) mass is 259 g/mol. The van der Waals surface area contributed by atoms with Crippen molar-refractivity contribution in [2.75, 3.05) is 6.61 Å². The van der Waals surface area contributed by atoms with Crippen LogP contribution < -0.4 is 10.1 Å². The first-order valence-electron chi connectivity index (χ1n) is 6.26. The summed E-state index contributed by atoms with van der Waals surface area (Å²) in [5, 5.41) is 2.91. The maximum Gasteiger partial charge on any atom is 0.255 e. The molecule has 0 saturated carbocycles. The predicted octanol–water partition coefficient (Wildman–Crippen LogP) is 3.17. The van der Waals surface area contributed by atoms with Gasteiger partial charge in [0, 0.05) is 0 Å². The Labute approximate surface area is 112 Å². The van der Waals surface area contributed by atoms with E-state index in [-0.39, 0.29) is 11.9 Å². The second-order valence-corrected chi connectivity index (χ2v) is 4.21. The van der Waals surface area contributed by atoms with E-state index in [0.717, 1.165) is 11.3 Å². The SMILES string of the molecule is CCOc1ccc([C@H](C)NC(=O)c2ccoc2)cc1. The van der Waals surface area contributed by atoms with Crippen LogP contribution in [0.1, 0.15) is 35.8 Å². The van der Waals surface area contributed by atoms with Crippen molar-refractivity contribution < 1.29 is 13.9 Å². The molecule has 0 aliphatic carbocycles. The molecule has 0 aliphatic heterocycles. The van der Waals surface area contributed by atoms with Gasteiger partial charge >= 0.3 is 0 Å².